The Balaban J connectivity index is 2.40. The normalized spacial score (nSPS) is 10.3. The smallest absolute Gasteiger partial charge is 0.196 e. The Bertz CT molecular complexity index is 621. The summed E-state index contributed by atoms with van der Waals surface area (Å²) in [5.74, 6) is -3.89. The Morgan fingerprint density at radius 1 is 0.947 bits per heavy atom. The molecule has 19 heavy (non-hydrogen) atoms. The predicted octanol–water partition coefficient (Wildman–Crippen LogP) is 3.34. The second-order valence-corrected chi connectivity index (χ2v) is 3.80. The van der Waals surface area contributed by atoms with Crippen molar-refractivity contribution in [3.8, 4) is 5.75 Å². The van der Waals surface area contributed by atoms with Crippen molar-refractivity contribution in [2.45, 2.75) is 0 Å². The molecule has 0 amide bonds. The number of ketones is 1. The van der Waals surface area contributed by atoms with Crippen LogP contribution in [0.5, 0.6) is 5.75 Å². The highest BCUT2D eigenvalue weighted by Gasteiger charge is 2.17. The molecule has 0 fully saturated rings. The van der Waals surface area contributed by atoms with E-state index < -0.39 is 28.8 Å². The Kier molecular flexibility index (Phi) is 3.55. The summed E-state index contributed by atoms with van der Waals surface area (Å²) in [6, 6.07) is 6.78. The van der Waals surface area contributed by atoms with Gasteiger partial charge in [-0.15, -0.1) is 0 Å². The van der Waals surface area contributed by atoms with Gasteiger partial charge in [0.15, 0.2) is 17.4 Å². The summed E-state index contributed by atoms with van der Waals surface area (Å²) in [4.78, 5) is 12.0. The number of methoxy groups -OCH3 is 1. The van der Waals surface area contributed by atoms with E-state index in [-0.39, 0.29) is 5.56 Å². The predicted molar refractivity (Wildman–Crippen MR) is 62.7 cm³/mol. The molecular weight excluding hydrogens is 257 g/mol. The molecule has 2 aromatic carbocycles. The minimum Gasteiger partial charge on any atom is -0.497 e. The summed E-state index contributed by atoms with van der Waals surface area (Å²) in [5.41, 5.74) is -0.352. The van der Waals surface area contributed by atoms with Gasteiger partial charge in [0.2, 0.25) is 0 Å². The zero-order valence-corrected chi connectivity index (χ0v) is 9.91. The van der Waals surface area contributed by atoms with Gasteiger partial charge in [-0.1, -0.05) is 0 Å². The van der Waals surface area contributed by atoms with E-state index in [9.17, 15) is 18.0 Å². The molecule has 0 atom stereocenters. The van der Waals surface area contributed by atoms with Crippen molar-refractivity contribution in [2.75, 3.05) is 7.11 Å². The Morgan fingerprint density at radius 2 is 1.53 bits per heavy atom. The van der Waals surface area contributed by atoms with Crippen LogP contribution in [0.2, 0.25) is 0 Å². The number of halogens is 3. The number of hydrogen-bond acceptors (Lipinski definition) is 2. The van der Waals surface area contributed by atoms with Gasteiger partial charge in [0, 0.05) is 11.6 Å². The fraction of sp³-hybridized carbons (Fsp3) is 0.0714. The van der Waals surface area contributed by atoms with Gasteiger partial charge < -0.3 is 4.74 Å². The van der Waals surface area contributed by atoms with Gasteiger partial charge in [0.1, 0.15) is 11.6 Å². The van der Waals surface area contributed by atoms with Gasteiger partial charge in [-0.3, -0.25) is 4.79 Å². The summed E-state index contributed by atoms with van der Waals surface area (Å²) < 4.78 is 44.2. The van der Waals surface area contributed by atoms with Gasteiger partial charge in [-0.05, 0) is 30.3 Å². The zero-order valence-electron chi connectivity index (χ0n) is 9.91. The summed E-state index contributed by atoms with van der Waals surface area (Å²) in [5, 5.41) is 0. The highest BCUT2D eigenvalue weighted by molar-refractivity contribution is 6.09. The summed E-state index contributed by atoms with van der Waals surface area (Å²) in [6.07, 6.45) is 0. The van der Waals surface area contributed by atoms with Crippen molar-refractivity contribution in [2.24, 2.45) is 0 Å². The van der Waals surface area contributed by atoms with E-state index in [1.54, 1.807) is 0 Å². The van der Waals surface area contributed by atoms with Gasteiger partial charge >= 0.3 is 0 Å². The van der Waals surface area contributed by atoms with Crippen LogP contribution in [0.3, 0.4) is 0 Å². The molecule has 0 aliphatic rings. The van der Waals surface area contributed by atoms with Crippen molar-refractivity contribution in [1.29, 1.82) is 0 Å². The van der Waals surface area contributed by atoms with Crippen LogP contribution < -0.4 is 4.74 Å². The molecule has 0 saturated heterocycles. The first-order valence-corrected chi connectivity index (χ1v) is 5.36. The lowest BCUT2D eigenvalue weighted by Gasteiger charge is -2.05. The number of carbonyl (C=O) groups excluding carboxylic acids is 1. The van der Waals surface area contributed by atoms with Crippen molar-refractivity contribution >= 4 is 5.78 Å². The SMILES string of the molecule is COc1ccc(C(=O)c2cc(F)c(F)cc2F)cc1. The van der Waals surface area contributed by atoms with E-state index in [4.69, 9.17) is 4.74 Å². The fourth-order valence-electron chi connectivity index (χ4n) is 1.59. The highest BCUT2D eigenvalue weighted by Crippen LogP contribution is 2.19. The molecule has 5 heteroatoms. The van der Waals surface area contributed by atoms with Gasteiger partial charge in [0.05, 0.1) is 12.7 Å². The molecule has 2 aromatic rings. The van der Waals surface area contributed by atoms with Crippen LogP contribution in [0.1, 0.15) is 15.9 Å². The molecule has 0 bridgehead atoms. The minimum absolute atomic E-state index is 0.158. The van der Waals surface area contributed by atoms with E-state index >= 15 is 0 Å². The number of rotatable bonds is 3. The molecule has 0 spiro atoms. The highest BCUT2D eigenvalue weighted by atomic mass is 19.2. The third-order valence-corrected chi connectivity index (χ3v) is 2.61. The number of carbonyl (C=O) groups is 1. The van der Waals surface area contributed by atoms with Crippen LogP contribution in [0.15, 0.2) is 36.4 Å². The quantitative estimate of drug-likeness (QED) is 0.629. The number of hydrogen-bond donors (Lipinski definition) is 0. The minimum atomic E-state index is -1.33. The lowest BCUT2D eigenvalue weighted by molar-refractivity contribution is 0.103. The van der Waals surface area contributed by atoms with Crippen LogP contribution in [0.4, 0.5) is 13.2 Å². The van der Waals surface area contributed by atoms with E-state index in [0.29, 0.717) is 17.9 Å². The summed E-state index contributed by atoms with van der Waals surface area (Å²) >= 11 is 0. The van der Waals surface area contributed by atoms with Gasteiger partial charge in [-0.2, -0.15) is 0 Å². The van der Waals surface area contributed by atoms with Crippen molar-refractivity contribution in [1.82, 2.24) is 0 Å². The Morgan fingerprint density at radius 3 is 2.11 bits per heavy atom. The maximum atomic E-state index is 13.5. The first-order chi connectivity index (χ1) is 9.02. The molecular formula is C14H9F3O2. The second-order valence-electron chi connectivity index (χ2n) is 3.80. The average Bonchev–Trinajstić information content (AvgIpc) is 2.42. The van der Waals surface area contributed by atoms with Crippen molar-refractivity contribution < 1.29 is 22.7 Å². The van der Waals surface area contributed by atoms with Crippen LogP contribution >= 0.6 is 0 Å². The molecule has 2 rings (SSSR count). The van der Waals surface area contributed by atoms with E-state index in [0.717, 1.165) is 0 Å². The number of ether oxygens (including phenoxy) is 1. The third kappa shape index (κ3) is 2.59. The molecule has 0 aliphatic carbocycles. The lowest BCUT2D eigenvalue weighted by atomic mass is 10.0. The van der Waals surface area contributed by atoms with Crippen LogP contribution in [0.25, 0.3) is 0 Å². The standard InChI is InChI=1S/C14H9F3O2/c1-19-9-4-2-8(3-5-9)14(18)10-6-12(16)13(17)7-11(10)15/h2-7H,1H3. The molecule has 0 N–H and O–H groups in total. The van der Waals surface area contributed by atoms with Crippen LogP contribution in [0, 0.1) is 17.5 Å². The van der Waals surface area contributed by atoms with E-state index in [2.05, 4.69) is 0 Å². The fourth-order valence-corrected chi connectivity index (χ4v) is 1.59. The summed E-state index contributed by atoms with van der Waals surface area (Å²) in [7, 11) is 1.46. The van der Waals surface area contributed by atoms with Gasteiger partial charge in [-0.25, -0.2) is 13.2 Å². The third-order valence-electron chi connectivity index (χ3n) is 2.61. The largest absolute Gasteiger partial charge is 0.497 e. The maximum absolute atomic E-state index is 13.5. The van der Waals surface area contributed by atoms with Gasteiger partial charge in [0.25, 0.3) is 0 Å². The Hall–Kier alpha value is -2.30. The monoisotopic (exact) mass is 266 g/mol. The molecule has 98 valence electrons. The average molecular weight is 266 g/mol. The molecule has 0 aromatic heterocycles. The first kappa shape index (κ1) is 13.1. The second kappa shape index (κ2) is 5.14. The molecule has 0 unspecified atom stereocenters. The van der Waals surface area contributed by atoms with Crippen molar-refractivity contribution in [3.63, 3.8) is 0 Å². The van der Waals surface area contributed by atoms with E-state index in [1.165, 1.54) is 31.4 Å². The molecule has 0 radical (unpaired) electrons. The zero-order chi connectivity index (χ0) is 14.0. The molecule has 0 heterocycles. The van der Waals surface area contributed by atoms with E-state index in [1.807, 2.05) is 0 Å². The molecule has 0 aliphatic heterocycles. The molecule has 2 nitrogen and oxygen atoms in total. The Labute approximate surface area is 107 Å². The summed E-state index contributed by atoms with van der Waals surface area (Å²) in [6.45, 7) is 0. The first-order valence-electron chi connectivity index (χ1n) is 5.36. The number of benzene rings is 2. The molecule has 0 saturated carbocycles. The van der Waals surface area contributed by atoms with Crippen LogP contribution in [-0.2, 0) is 0 Å². The maximum Gasteiger partial charge on any atom is 0.196 e. The topological polar surface area (TPSA) is 26.3 Å². The van der Waals surface area contributed by atoms with Crippen LogP contribution in [-0.4, -0.2) is 12.9 Å². The van der Waals surface area contributed by atoms with Crippen molar-refractivity contribution in [3.05, 3.63) is 65.0 Å². The lowest BCUT2D eigenvalue weighted by Crippen LogP contribution is -2.06.